The Morgan fingerprint density at radius 3 is 2.79 bits per heavy atom. The lowest BCUT2D eigenvalue weighted by molar-refractivity contribution is -0.134. The second-order valence-electron chi connectivity index (χ2n) is 6.72. The number of aryl methyl sites for hydroxylation is 1. The van der Waals surface area contributed by atoms with Crippen LogP contribution in [-0.2, 0) is 26.1 Å². The number of nitrogens with zero attached hydrogens (tertiary/aromatic N) is 1. The molecule has 1 aliphatic rings. The van der Waals surface area contributed by atoms with Crippen molar-refractivity contribution in [3.05, 3.63) is 65.2 Å². The Morgan fingerprint density at radius 2 is 2.04 bits per heavy atom. The van der Waals surface area contributed by atoms with Crippen LogP contribution in [0, 0.1) is 6.92 Å². The van der Waals surface area contributed by atoms with Crippen LogP contribution in [0.15, 0.2) is 53.4 Å². The van der Waals surface area contributed by atoms with Crippen LogP contribution < -0.4 is 4.74 Å². The van der Waals surface area contributed by atoms with Crippen molar-refractivity contribution in [1.82, 2.24) is 4.31 Å². The minimum atomic E-state index is -3.69. The minimum absolute atomic E-state index is 0.179. The van der Waals surface area contributed by atoms with Crippen molar-refractivity contribution in [2.75, 3.05) is 13.7 Å². The lowest BCUT2D eigenvalue weighted by Gasteiger charge is -2.22. The fourth-order valence-corrected chi connectivity index (χ4v) is 4.69. The average Bonchev–Trinajstić information content (AvgIpc) is 2.76. The Labute approximate surface area is 165 Å². The molecule has 0 aromatic heterocycles. The largest absolute Gasteiger partial charge is 0.488 e. The van der Waals surface area contributed by atoms with Crippen molar-refractivity contribution in [3.8, 4) is 5.75 Å². The summed E-state index contributed by atoms with van der Waals surface area (Å²) in [5.41, 5.74) is 2.63. The van der Waals surface area contributed by atoms with Crippen LogP contribution in [0.1, 0.15) is 23.6 Å². The molecule has 0 amide bonds. The van der Waals surface area contributed by atoms with Gasteiger partial charge in [-0.2, -0.15) is 4.31 Å². The Kier molecular flexibility index (Phi) is 5.86. The molecule has 1 aliphatic heterocycles. The van der Waals surface area contributed by atoms with Gasteiger partial charge in [0.1, 0.15) is 16.7 Å². The predicted molar refractivity (Wildman–Crippen MR) is 106 cm³/mol. The normalized spacial score (nSPS) is 18.9. The second-order valence-corrected chi connectivity index (χ2v) is 8.62. The molecule has 0 saturated heterocycles. The molecule has 148 valence electrons. The Bertz CT molecular complexity index is 1010. The number of sulfonamides is 1. The summed E-state index contributed by atoms with van der Waals surface area (Å²) in [7, 11) is -2.38. The van der Waals surface area contributed by atoms with E-state index in [-0.39, 0.29) is 24.1 Å². The molecule has 0 radical (unpaired) electrons. The van der Waals surface area contributed by atoms with E-state index in [4.69, 9.17) is 4.74 Å². The van der Waals surface area contributed by atoms with Crippen LogP contribution in [0.4, 0.5) is 0 Å². The maximum atomic E-state index is 13.2. The third kappa shape index (κ3) is 4.26. The number of benzene rings is 2. The van der Waals surface area contributed by atoms with Crippen LogP contribution >= 0.6 is 0 Å². The summed E-state index contributed by atoms with van der Waals surface area (Å²) in [4.78, 5) is 11.5. The average molecular weight is 401 g/mol. The van der Waals surface area contributed by atoms with Gasteiger partial charge in [0.2, 0.25) is 10.0 Å². The third-order valence-corrected chi connectivity index (χ3v) is 6.44. The number of methoxy groups -OCH3 is 1. The van der Waals surface area contributed by atoms with E-state index >= 15 is 0 Å². The number of hydrogen-bond donors (Lipinski definition) is 0. The highest BCUT2D eigenvalue weighted by atomic mass is 32.2. The summed E-state index contributed by atoms with van der Waals surface area (Å²) in [6.45, 7) is 4.25. The standard InChI is InChI=1S/C21H23NO5S/c1-15-8-9-17(10-11-21(23)26-3)12-18(15)14-22-13-16(2)27-19-6-4-5-7-20(19)28(22,24)25/h4-12,16H,13-14H2,1-3H3/b11-10+/t16-/m1/s1. The number of fused-ring (bicyclic) bond motifs is 1. The van der Waals surface area contributed by atoms with E-state index in [0.717, 1.165) is 16.7 Å². The molecule has 2 aromatic carbocycles. The first-order chi connectivity index (χ1) is 13.3. The molecule has 7 heteroatoms. The molecular weight excluding hydrogens is 378 g/mol. The van der Waals surface area contributed by atoms with Gasteiger partial charge < -0.3 is 9.47 Å². The molecule has 2 aromatic rings. The first-order valence-corrected chi connectivity index (χ1v) is 10.4. The Morgan fingerprint density at radius 1 is 1.29 bits per heavy atom. The van der Waals surface area contributed by atoms with E-state index in [0.29, 0.717) is 5.75 Å². The number of carbonyl (C=O) groups excluding carboxylic acids is 1. The maximum absolute atomic E-state index is 13.2. The van der Waals surface area contributed by atoms with Gasteiger partial charge in [0.15, 0.2) is 0 Å². The molecule has 0 unspecified atom stereocenters. The van der Waals surface area contributed by atoms with Gasteiger partial charge in [0, 0.05) is 12.6 Å². The topological polar surface area (TPSA) is 72.9 Å². The van der Waals surface area contributed by atoms with E-state index in [1.165, 1.54) is 17.5 Å². The fraction of sp³-hybridized carbons (Fsp3) is 0.286. The molecule has 1 atom stereocenters. The first-order valence-electron chi connectivity index (χ1n) is 8.92. The van der Waals surface area contributed by atoms with Crippen molar-refractivity contribution in [2.24, 2.45) is 0 Å². The van der Waals surface area contributed by atoms with Gasteiger partial charge in [-0.1, -0.05) is 30.3 Å². The van der Waals surface area contributed by atoms with Gasteiger partial charge in [-0.25, -0.2) is 13.2 Å². The van der Waals surface area contributed by atoms with E-state index < -0.39 is 16.0 Å². The first kappa shape index (κ1) is 20.1. The summed E-state index contributed by atoms with van der Waals surface area (Å²) < 4.78 is 38.2. The van der Waals surface area contributed by atoms with Gasteiger partial charge in [-0.05, 0) is 48.7 Å². The smallest absolute Gasteiger partial charge is 0.330 e. The lowest BCUT2D eigenvalue weighted by Crippen LogP contribution is -2.35. The number of hydrogen-bond acceptors (Lipinski definition) is 5. The van der Waals surface area contributed by atoms with Crippen LogP contribution in [-0.4, -0.2) is 38.5 Å². The van der Waals surface area contributed by atoms with Gasteiger partial charge >= 0.3 is 5.97 Å². The second kappa shape index (κ2) is 8.16. The lowest BCUT2D eigenvalue weighted by atomic mass is 10.0. The van der Waals surface area contributed by atoms with E-state index in [1.807, 2.05) is 32.0 Å². The van der Waals surface area contributed by atoms with Crippen LogP contribution in [0.5, 0.6) is 5.75 Å². The van der Waals surface area contributed by atoms with Gasteiger partial charge in [-0.15, -0.1) is 0 Å². The van der Waals surface area contributed by atoms with E-state index in [9.17, 15) is 13.2 Å². The molecule has 0 N–H and O–H groups in total. The molecular formula is C21H23NO5S. The number of esters is 1. The Balaban J connectivity index is 1.94. The zero-order valence-electron chi connectivity index (χ0n) is 16.1. The van der Waals surface area contributed by atoms with Crippen molar-refractivity contribution in [1.29, 1.82) is 0 Å². The van der Waals surface area contributed by atoms with Crippen molar-refractivity contribution in [2.45, 2.75) is 31.4 Å². The summed E-state index contributed by atoms with van der Waals surface area (Å²) in [5, 5.41) is 0. The molecule has 3 rings (SSSR count). The van der Waals surface area contributed by atoms with Crippen LogP contribution in [0.2, 0.25) is 0 Å². The van der Waals surface area contributed by atoms with Gasteiger partial charge in [-0.3, -0.25) is 0 Å². The number of para-hydroxylation sites is 1. The zero-order chi connectivity index (χ0) is 20.3. The van der Waals surface area contributed by atoms with Gasteiger partial charge in [0.25, 0.3) is 0 Å². The maximum Gasteiger partial charge on any atom is 0.330 e. The van der Waals surface area contributed by atoms with Gasteiger partial charge in [0.05, 0.1) is 13.7 Å². The highest BCUT2D eigenvalue weighted by Gasteiger charge is 2.33. The molecule has 0 aliphatic carbocycles. The quantitative estimate of drug-likeness (QED) is 0.581. The van der Waals surface area contributed by atoms with E-state index in [2.05, 4.69) is 4.74 Å². The monoisotopic (exact) mass is 401 g/mol. The Hall–Kier alpha value is -2.64. The predicted octanol–water partition coefficient (Wildman–Crippen LogP) is 3.15. The van der Waals surface area contributed by atoms with E-state index in [1.54, 1.807) is 30.3 Å². The highest BCUT2D eigenvalue weighted by molar-refractivity contribution is 7.89. The summed E-state index contributed by atoms with van der Waals surface area (Å²) in [5.74, 6) is -0.0659. The van der Waals surface area contributed by atoms with Crippen molar-refractivity contribution in [3.63, 3.8) is 0 Å². The molecule has 0 bridgehead atoms. The fourth-order valence-electron chi connectivity index (χ4n) is 3.08. The van der Waals surface area contributed by atoms with Crippen molar-refractivity contribution < 1.29 is 22.7 Å². The molecule has 0 fully saturated rings. The minimum Gasteiger partial charge on any atom is -0.488 e. The summed E-state index contributed by atoms with van der Waals surface area (Å²) in [6, 6.07) is 12.4. The van der Waals surface area contributed by atoms with Crippen LogP contribution in [0.3, 0.4) is 0 Å². The molecule has 6 nitrogen and oxygen atoms in total. The molecule has 0 spiro atoms. The number of rotatable bonds is 4. The van der Waals surface area contributed by atoms with Crippen molar-refractivity contribution >= 4 is 22.1 Å². The third-order valence-electron chi connectivity index (χ3n) is 4.59. The van der Waals surface area contributed by atoms with Crippen LogP contribution in [0.25, 0.3) is 6.08 Å². The molecule has 0 saturated carbocycles. The highest BCUT2D eigenvalue weighted by Crippen LogP contribution is 2.32. The number of carbonyl (C=O) groups is 1. The zero-order valence-corrected chi connectivity index (χ0v) is 16.9. The molecule has 28 heavy (non-hydrogen) atoms. The number of ether oxygens (including phenoxy) is 2. The summed E-state index contributed by atoms with van der Waals surface area (Å²) in [6.07, 6.45) is 2.71. The molecule has 1 heterocycles. The SMILES string of the molecule is COC(=O)/C=C/c1ccc(C)c(CN2C[C@@H](C)Oc3ccccc3S2(=O)=O)c1. The summed E-state index contributed by atoms with van der Waals surface area (Å²) >= 11 is 0.